The highest BCUT2D eigenvalue weighted by Crippen LogP contribution is 2.36. The minimum absolute atomic E-state index is 0.0637. The summed E-state index contributed by atoms with van der Waals surface area (Å²) in [6.45, 7) is 1.70. The Bertz CT molecular complexity index is 951. The monoisotopic (exact) mass is 452 g/mol. The molecule has 0 atom stereocenters. The molecule has 1 heterocycles. The zero-order chi connectivity index (χ0) is 23.5. The highest BCUT2D eigenvalue weighted by molar-refractivity contribution is 6.01. The lowest BCUT2D eigenvalue weighted by Crippen LogP contribution is -2.43. The van der Waals surface area contributed by atoms with Crippen LogP contribution in [-0.4, -0.2) is 49.5 Å². The van der Waals surface area contributed by atoms with Crippen LogP contribution in [0.3, 0.4) is 0 Å². The van der Waals surface area contributed by atoms with E-state index in [4.69, 9.17) is 0 Å². The molecule has 2 aromatic carbocycles. The predicted octanol–water partition coefficient (Wildman–Crippen LogP) is 4.86. The molecule has 174 valence electrons. The van der Waals surface area contributed by atoms with Crippen LogP contribution in [0.5, 0.6) is 0 Å². The second-order valence-corrected chi connectivity index (χ2v) is 8.53. The number of halogens is 4. The van der Waals surface area contributed by atoms with E-state index in [1.165, 1.54) is 30.3 Å². The molecule has 0 amide bonds. The van der Waals surface area contributed by atoms with Crippen LogP contribution in [-0.2, 0) is 11.8 Å². The Hall–Kier alpha value is -2.45. The molecule has 0 unspecified atom stereocenters. The van der Waals surface area contributed by atoms with E-state index in [0.29, 0.717) is 56.6 Å². The summed E-state index contributed by atoms with van der Waals surface area (Å²) in [6, 6.07) is 9.01. The van der Waals surface area contributed by atoms with Crippen LogP contribution in [0.15, 0.2) is 42.5 Å². The van der Waals surface area contributed by atoms with Crippen molar-refractivity contribution in [1.29, 1.82) is 0 Å². The number of carbonyl (C=O) groups is 1. The lowest BCUT2D eigenvalue weighted by molar-refractivity contribution is -0.137. The van der Waals surface area contributed by atoms with Crippen molar-refractivity contribution >= 4 is 11.5 Å². The fourth-order valence-corrected chi connectivity index (χ4v) is 4.13. The zero-order valence-electron chi connectivity index (χ0n) is 18.3. The molecule has 4 nitrogen and oxygen atoms in total. The number of alkyl halides is 3. The average molecular weight is 452 g/mol. The van der Waals surface area contributed by atoms with Gasteiger partial charge in [-0.2, -0.15) is 13.2 Å². The molecule has 32 heavy (non-hydrogen) atoms. The number of anilines is 1. The molecule has 1 aliphatic heterocycles. The number of benzene rings is 2. The minimum atomic E-state index is -4.45. The number of rotatable bonds is 7. The predicted molar refractivity (Wildman–Crippen MR) is 115 cm³/mol. The second kappa shape index (κ2) is 9.58. The van der Waals surface area contributed by atoms with Gasteiger partial charge in [0.15, 0.2) is 5.78 Å². The van der Waals surface area contributed by atoms with Gasteiger partial charge in [0.2, 0.25) is 0 Å². The average Bonchev–Trinajstić information content (AvgIpc) is 2.74. The third-order valence-electron chi connectivity index (χ3n) is 6.03. The number of Topliss-reactive ketones (excluding diaryl/α,β-unsaturated/α-hetero) is 1. The fraction of sp³-hybridized carbons (Fsp3) is 0.458. The Balaban J connectivity index is 1.53. The largest absolute Gasteiger partial charge is 0.416 e. The topological polar surface area (TPSA) is 43.8 Å². The van der Waals surface area contributed by atoms with Crippen LogP contribution in [0.2, 0.25) is 0 Å². The molecular weight excluding hydrogens is 424 g/mol. The van der Waals surface area contributed by atoms with E-state index in [-0.39, 0.29) is 11.3 Å². The zero-order valence-corrected chi connectivity index (χ0v) is 18.3. The molecule has 1 aliphatic rings. The van der Waals surface area contributed by atoms with E-state index < -0.39 is 23.2 Å². The maximum atomic E-state index is 13.5. The van der Waals surface area contributed by atoms with E-state index in [1.807, 2.05) is 0 Å². The molecule has 0 aliphatic carbocycles. The van der Waals surface area contributed by atoms with Crippen LogP contribution in [0.1, 0.15) is 47.2 Å². The van der Waals surface area contributed by atoms with Crippen LogP contribution in [0.4, 0.5) is 23.2 Å². The van der Waals surface area contributed by atoms with Crippen molar-refractivity contribution < 1.29 is 27.5 Å². The summed E-state index contributed by atoms with van der Waals surface area (Å²) in [5, 5.41) is 10.9. The van der Waals surface area contributed by atoms with Gasteiger partial charge in [0.25, 0.3) is 0 Å². The van der Waals surface area contributed by atoms with E-state index in [2.05, 4.69) is 4.90 Å². The summed E-state index contributed by atoms with van der Waals surface area (Å²) >= 11 is 0. The minimum Gasteiger partial charge on any atom is -0.385 e. The maximum Gasteiger partial charge on any atom is 0.416 e. The van der Waals surface area contributed by atoms with E-state index in [1.54, 1.807) is 19.0 Å². The number of aliphatic hydroxyl groups is 1. The standard InChI is InChI=1S/C24H28F4N2O2/c1-29(2)21-16-19(25)8-9-20(21)22(31)7-4-12-30-13-10-23(32,11-14-30)17-5-3-6-18(15-17)24(26,27)28/h3,5-6,8-9,15-16,32H,4,7,10-14H2,1-2H3. The molecule has 2 aromatic rings. The molecule has 0 spiro atoms. The fourth-order valence-electron chi connectivity index (χ4n) is 4.13. The number of carbonyl (C=O) groups excluding carboxylic acids is 1. The number of hydrogen-bond donors (Lipinski definition) is 1. The highest BCUT2D eigenvalue weighted by atomic mass is 19.4. The van der Waals surface area contributed by atoms with Gasteiger partial charge < -0.3 is 14.9 Å². The SMILES string of the molecule is CN(C)c1cc(F)ccc1C(=O)CCCN1CCC(O)(c2cccc(C(F)(F)F)c2)CC1. The molecule has 1 N–H and O–H groups in total. The molecule has 0 radical (unpaired) electrons. The normalized spacial score (nSPS) is 16.7. The quantitative estimate of drug-likeness (QED) is 0.482. The van der Waals surface area contributed by atoms with Gasteiger partial charge in [0.1, 0.15) is 5.82 Å². The van der Waals surface area contributed by atoms with Crippen molar-refractivity contribution in [2.24, 2.45) is 0 Å². The second-order valence-electron chi connectivity index (χ2n) is 8.53. The van der Waals surface area contributed by atoms with Gasteiger partial charge in [-0.25, -0.2) is 4.39 Å². The molecule has 3 rings (SSSR count). The molecule has 0 aromatic heterocycles. The number of ketones is 1. The number of hydrogen-bond acceptors (Lipinski definition) is 4. The van der Waals surface area contributed by atoms with Gasteiger partial charge in [0, 0.05) is 44.9 Å². The molecule has 1 saturated heterocycles. The first kappa shape index (κ1) is 24.2. The van der Waals surface area contributed by atoms with Crippen molar-refractivity contribution in [2.75, 3.05) is 38.6 Å². The maximum absolute atomic E-state index is 13.5. The molecule has 8 heteroatoms. The van der Waals surface area contributed by atoms with E-state index in [0.717, 1.165) is 12.1 Å². The summed E-state index contributed by atoms with van der Waals surface area (Å²) in [5.74, 6) is -0.460. The van der Waals surface area contributed by atoms with Gasteiger partial charge in [-0.3, -0.25) is 4.79 Å². The first-order valence-corrected chi connectivity index (χ1v) is 10.6. The third-order valence-corrected chi connectivity index (χ3v) is 6.03. The molecular formula is C24H28F4N2O2. The Kier molecular flexibility index (Phi) is 7.25. The highest BCUT2D eigenvalue weighted by Gasteiger charge is 2.37. The van der Waals surface area contributed by atoms with Gasteiger partial charge in [-0.15, -0.1) is 0 Å². The third kappa shape index (κ3) is 5.66. The van der Waals surface area contributed by atoms with Crippen molar-refractivity contribution in [3.63, 3.8) is 0 Å². The van der Waals surface area contributed by atoms with Crippen LogP contribution in [0.25, 0.3) is 0 Å². The Morgan fingerprint density at radius 3 is 2.44 bits per heavy atom. The van der Waals surface area contributed by atoms with Gasteiger partial charge in [-0.1, -0.05) is 12.1 Å². The first-order valence-electron chi connectivity index (χ1n) is 10.6. The molecule has 0 bridgehead atoms. The summed E-state index contributed by atoms with van der Waals surface area (Å²) in [6.07, 6.45) is -2.89. The Morgan fingerprint density at radius 1 is 1.12 bits per heavy atom. The molecule has 0 saturated carbocycles. The van der Waals surface area contributed by atoms with Crippen molar-refractivity contribution in [1.82, 2.24) is 4.90 Å². The van der Waals surface area contributed by atoms with Crippen LogP contribution >= 0.6 is 0 Å². The van der Waals surface area contributed by atoms with Gasteiger partial charge in [0.05, 0.1) is 11.2 Å². The van der Waals surface area contributed by atoms with E-state index >= 15 is 0 Å². The van der Waals surface area contributed by atoms with Crippen LogP contribution in [0, 0.1) is 5.82 Å². The Morgan fingerprint density at radius 2 is 1.81 bits per heavy atom. The van der Waals surface area contributed by atoms with Crippen molar-refractivity contribution in [2.45, 2.75) is 37.5 Å². The summed E-state index contributed by atoms with van der Waals surface area (Å²) in [5.41, 5.74) is -0.743. The summed E-state index contributed by atoms with van der Waals surface area (Å²) < 4.78 is 52.5. The van der Waals surface area contributed by atoms with Crippen molar-refractivity contribution in [3.8, 4) is 0 Å². The van der Waals surface area contributed by atoms with Crippen molar-refractivity contribution in [3.05, 3.63) is 65.0 Å². The van der Waals surface area contributed by atoms with Gasteiger partial charge in [-0.05, 0) is 61.7 Å². The number of piperidine rings is 1. The van der Waals surface area contributed by atoms with Crippen LogP contribution < -0.4 is 4.90 Å². The molecule has 1 fully saturated rings. The Labute approximate surface area is 185 Å². The number of likely N-dealkylation sites (tertiary alicyclic amines) is 1. The lowest BCUT2D eigenvalue weighted by atomic mass is 9.83. The summed E-state index contributed by atoms with van der Waals surface area (Å²) in [7, 11) is 3.51. The van der Waals surface area contributed by atoms with Gasteiger partial charge >= 0.3 is 6.18 Å². The first-order chi connectivity index (χ1) is 15.0. The smallest absolute Gasteiger partial charge is 0.385 e. The van der Waals surface area contributed by atoms with E-state index in [9.17, 15) is 27.5 Å². The number of nitrogens with zero attached hydrogens (tertiary/aromatic N) is 2. The lowest BCUT2D eigenvalue weighted by Gasteiger charge is -2.38. The summed E-state index contributed by atoms with van der Waals surface area (Å²) in [4.78, 5) is 16.4.